The van der Waals surface area contributed by atoms with E-state index in [0.29, 0.717) is 11.0 Å². The summed E-state index contributed by atoms with van der Waals surface area (Å²) in [4.78, 5) is 13.2. The summed E-state index contributed by atoms with van der Waals surface area (Å²) in [6, 6.07) is 11.7. The van der Waals surface area contributed by atoms with Crippen molar-refractivity contribution >= 4 is 23.4 Å². The molecule has 6 nitrogen and oxygen atoms in total. The van der Waals surface area contributed by atoms with Crippen LogP contribution in [0.1, 0.15) is 28.6 Å². The van der Waals surface area contributed by atoms with E-state index in [1.165, 1.54) is 23.9 Å². The number of benzene rings is 2. The van der Waals surface area contributed by atoms with Crippen LogP contribution >= 0.6 is 11.8 Å². The SMILES string of the molecule is Cc1cc(C)cc(NC(=O)[C@@H]2Sc3nnc(C)n3N[C@@H]2c2ccc(F)cc2)c1. The molecular weight excluding hydrogens is 377 g/mol. The van der Waals surface area contributed by atoms with Crippen LogP contribution in [-0.2, 0) is 4.79 Å². The molecule has 0 radical (unpaired) electrons. The maximum absolute atomic E-state index is 13.4. The second-order valence-electron chi connectivity index (χ2n) is 6.93. The van der Waals surface area contributed by atoms with Gasteiger partial charge in [0, 0.05) is 5.69 Å². The van der Waals surface area contributed by atoms with E-state index < -0.39 is 5.25 Å². The number of carbonyl (C=O) groups excluding carboxylic acids is 1. The molecule has 2 atom stereocenters. The Balaban J connectivity index is 1.67. The zero-order valence-electron chi connectivity index (χ0n) is 15.7. The predicted octanol–water partition coefficient (Wildman–Crippen LogP) is 3.74. The third-order valence-electron chi connectivity index (χ3n) is 4.58. The van der Waals surface area contributed by atoms with Gasteiger partial charge in [-0.15, -0.1) is 10.2 Å². The third kappa shape index (κ3) is 3.60. The van der Waals surface area contributed by atoms with E-state index in [4.69, 9.17) is 0 Å². The summed E-state index contributed by atoms with van der Waals surface area (Å²) < 4.78 is 15.2. The zero-order chi connectivity index (χ0) is 19.8. The fourth-order valence-corrected chi connectivity index (χ4v) is 4.47. The minimum Gasteiger partial charge on any atom is -0.325 e. The third-order valence-corrected chi connectivity index (χ3v) is 5.79. The number of thioether (sulfide) groups is 1. The number of hydrogen-bond acceptors (Lipinski definition) is 5. The van der Waals surface area contributed by atoms with Gasteiger partial charge in [-0.05, 0) is 61.7 Å². The van der Waals surface area contributed by atoms with Crippen molar-refractivity contribution in [1.29, 1.82) is 0 Å². The lowest BCUT2D eigenvalue weighted by atomic mass is 10.0. The van der Waals surface area contributed by atoms with Crippen LogP contribution in [0.3, 0.4) is 0 Å². The average molecular weight is 397 g/mol. The zero-order valence-corrected chi connectivity index (χ0v) is 16.5. The molecule has 2 N–H and O–H groups in total. The van der Waals surface area contributed by atoms with Gasteiger partial charge in [0.05, 0.1) is 6.04 Å². The second-order valence-corrected chi connectivity index (χ2v) is 8.04. The van der Waals surface area contributed by atoms with Crippen LogP contribution in [0, 0.1) is 26.6 Å². The monoisotopic (exact) mass is 397 g/mol. The molecule has 8 heteroatoms. The van der Waals surface area contributed by atoms with Crippen molar-refractivity contribution in [3.8, 4) is 0 Å². The minimum atomic E-state index is -0.498. The Labute approximate surface area is 166 Å². The van der Waals surface area contributed by atoms with Gasteiger partial charge in [-0.2, -0.15) is 0 Å². The highest BCUT2D eigenvalue weighted by Gasteiger charge is 2.37. The Bertz CT molecular complexity index is 1010. The lowest BCUT2D eigenvalue weighted by Crippen LogP contribution is -2.41. The quantitative estimate of drug-likeness (QED) is 0.704. The van der Waals surface area contributed by atoms with E-state index in [0.717, 1.165) is 22.4 Å². The molecule has 3 aromatic rings. The highest BCUT2D eigenvalue weighted by Crippen LogP contribution is 2.37. The fourth-order valence-electron chi connectivity index (χ4n) is 3.34. The Hall–Kier alpha value is -2.87. The van der Waals surface area contributed by atoms with Crippen molar-refractivity contribution in [2.45, 2.75) is 37.2 Å². The van der Waals surface area contributed by atoms with E-state index in [1.54, 1.807) is 16.8 Å². The standard InChI is InChI=1S/C20H20FN5OS/c1-11-8-12(2)10-16(9-11)22-19(27)18-17(14-4-6-15(21)7-5-14)25-26-13(3)23-24-20(26)28-18/h4-10,17-18,25H,1-3H3,(H,22,27)/t17-,18-/m1/s1. The summed E-state index contributed by atoms with van der Waals surface area (Å²) in [5, 5.41) is 11.4. The molecule has 144 valence electrons. The molecule has 0 spiro atoms. The molecule has 0 bridgehead atoms. The number of hydrogen-bond donors (Lipinski definition) is 2. The summed E-state index contributed by atoms with van der Waals surface area (Å²) in [6.45, 7) is 5.82. The van der Waals surface area contributed by atoms with Gasteiger partial charge < -0.3 is 10.7 Å². The predicted molar refractivity (Wildman–Crippen MR) is 107 cm³/mol. The molecule has 1 amide bonds. The molecule has 2 heterocycles. The number of amides is 1. The summed E-state index contributed by atoms with van der Waals surface area (Å²) in [5.74, 6) is 0.233. The molecule has 0 saturated heterocycles. The number of anilines is 1. The molecule has 1 aromatic heterocycles. The Morgan fingerprint density at radius 1 is 1.11 bits per heavy atom. The first kappa shape index (κ1) is 18.5. The lowest BCUT2D eigenvalue weighted by molar-refractivity contribution is -0.116. The topological polar surface area (TPSA) is 71.8 Å². The summed E-state index contributed by atoms with van der Waals surface area (Å²) >= 11 is 1.34. The van der Waals surface area contributed by atoms with Crippen molar-refractivity contribution in [2.75, 3.05) is 10.7 Å². The highest BCUT2D eigenvalue weighted by molar-refractivity contribution is 8.00. The van der Waals surface area contributed by atoms with E-state index in [9.17, 15) is 9.18 Å². The molecule has 4 rings (SSSR count). The fraction of sp³-hybridized carbons (Fsp3) is 0.250. The van der Waals surface area contributed by atoms with E-state index in [2.05, 4.69) is 27.0 Å². The molecule has 28 heavy (non-hydrogen) atoms. The van der Waals surface area contributed by atoms with Crippen molar-refractivity contribution in [3.05, 3.63) is 70.8 Å². The molecule has 2 aromatic carbocycles. The maximum Gasteiger partial charge on any atom is 0.240 e. The number of rotatable bonds is 3. The van der Waals surface area contributed by atoms with Gasteiger partial charge in [0.25, 0.3) is 0 Å². The Kier molecular flexibility index (Phi) is 4.80. The van der Waals surface area contributed by atoms with Gasteiger partial charge in [-0.3, -0.25) is 4.79 Å². The highest BCUT2D eigenvalue weighted by atomic mass is 32.2. The molecule has 0 saturated carbocycles. The van der Waals surface area contributed by atoms with Crippen LogP contribution in [-0.4, -0.2) is 26.0 Å². The number of aromatic nitrogens is 3. The van der Waals surface area contributed by atoms with Gasteiger partial charge in [-0.25, -0.2) is 9.07 Å². The first-order valence-electron chi connectivity index (χ1n) is 8.90. The van der Waals surface area contributed by atoms with Crippen molar-refractivity contribution in [3.63, 3.8) is 0 Å². The number of aryl methyl sites for hydroxylation is 3. The Morgan fingerprint density at radius 3 is 2.46 bits per heavy atom. The van der Waals surface area contributed by atoms with E-state index >= 15 is 0 Å². The molecule has 0 fully saturated rings. The first-order chi connectivity index (χ1) is 13.4. The van der Waals surface area contributed by atoms with Gasteiger partial charge in [-0.1, -0.05) is 30.0 Å². The summed E-state index contributed by atoms with van der Waals surface area (Å²) in [6.07, 6.45) is 0. The molecule has 0 unspecified atom stereocenters. The van der Waals surface area contributed by atoms with E-state index in [1.807, 2.05) is 32.9 Å². The van der Waals surface area contributed by atoms with Crippen molar-refractivity contribution < 1.29 is 9.18 Å². The van der Waals surface area contributed by atoms with Gasteiger partial charge >= 0.3 is 0 Å². The van der Waals surface area contributed by atoms with Crippen LogP contribution in [0.2, 0.25) is 0 Å². The minimum absolute atomic E-state index is 0.149. The van der Waals surface area contributed by atoms with Crippen LogP contribution in [0.25, 0.3) is 0 Å². The van der Waals surface area contributed by atoms with Crippen molar-refractivity contribution in [1.82, 2.24) is 14.9 Å². The number of nitrogens with one attached hydrogen (secondary N) is 2. The lowest BCUT2D eigenvalue weighted by Gasteiger charge is -2.32. The normalized spacial score (nSPS) is 18.3. The molecule has 0 aliphatic carbocycles. The van der Waals surface area contributed by atoms with Crippen molar-refractivity contribution in [2.24, 2.45) is 0 Å². The van der Waals surface area contributed by atoms with Crippen LogP contribution < -0.4 is 10.7 Å². The van der Waals surface area contributed by atoms with Gasteiger partial charge in [0.15, 0.2) is 0 Å². The summed E-state index contributed by atoms with van der Waals surface area (Å²) in [7, 11) is 0. The smallest absolute Gasteiger partial charge is 0.240 e. The Morgan fingerprint density at radius 2 is 1.79 bits per heavy atom. The maximum atomic E-state index is 13.4. The second kappa shape index (κ2) is 7.27. The van der Waals surface area contributed by atoms with Gasteiger partial charge in [0.2, 0.25) is 11.1 Å². The summed E-state index contributed by atoms with van der Waals surface area (Å²) in [5.41, 5.74) is 7.03. The number of nitrogens with zero attached hydrogens (tertiary/aromatic N) is 3. The van der Waals surface area contributed by atoms with Crippen LogP contribution in [0.4, 0.5) is 10.1 Å². The first-order valence-corrected chi connectivity index (χ1v) is 9.78. The average Bonchev–Trinajstić information content (AvgIpc) is 3.01. The molecule has 1 aliphatic heterocycles. The van der Waals surface area contributed by atoms with E-state index in [-0.39, 0.29) is 17.8 Å². The molecule has 1 aliphatic rings. The van der Waals surface area contributed by atoms with Gasteiger partial charge in [0.1, 0.15) is 16.9 Å². The van der Waals surface area contributed by atoms with Crippen LogP contribution in [0.5, 0.6) is 0 Å². The van der Waals surface area contributed by atoms with Crippen LogP contribution in [0.15, 0.2) is 47.6 Å². The number of halogens is 1. The largest absolute Gasteiger partial charge is 0.325 e. The number of fused-ring (bicyclic) bond motifs is 1. The molecular formula is C20H20FN5OS. The number of carbonyl (C=O) groups is 1.